The van der Waals surface area contributed by atoms with Crippen LogP contribution in [-0.4, -0.2) is 16.1 Å². The summed E-state index contributed by atoms with van der Waals surface area (Å²) >= 11 is 1.53. The highest BCUT2D eigenvalue weighted by atomic mass is 32.2. The van der Waals surface area contributed by atoms with E-state index in [4.69, 9.17) is 4.42 Å². The van der Waals surface area contributed by atoms with E-state index in [1.54, 1.807) is 12.1 Å². The highest BCUT2D eigenvalue weighted by Gasteiger charge is 2.12. The van der Waals surface area contributed by atoms with Gasteiger partial charge in [-0.25, -0.2) is 0 Å². The molecule has 1 amide bonds. The third-order valence-electron chi connectivity index (χ3n) is 4.01. The summed E-state index contributed by atoms with van der Waals surface area (Å²) in [7, 11) is 0. The largest absolute Gasteiger partial charge is 0.420 e. The molecular weight excluding hydrogens is 370 g/mol. The summed E-state index contributed by atoms with van der Waals surface area (Å²) in [5.74, 6) is 1.41. The van der Waals surface area contributed by atoms with Gasteiger partial charge in [-0.2, -0.15) is 0 Å². The van der Waals surface area contributed by atoms with Gasteiger partial charge in [0.1, 0.15) is 0 Å². The molecule has 4 rings (SSSR count). The molecule has 0 spiro atoms. The molecule has 0 aliphatic heterocycles. The zero-order chi connectivity index (χ0) is 19.2. The van der Waals surface area contributed by atoms with Gasteiger partial charge in [-0.05, 0) is 36.4 Å². The van der Waals surface area contributed by atoms with Crippen molar-refractivity contribution in [2.24, 2.45) is 0 Å². The van der Waals surface area contributed by atoms with Crippen LogP contribution in [0.1, 0.15) is 16.2 Å². The molecule has 0 radical (unpaired) electrons. The van der Waals surface area contributed by atoms with Crippen LogP contribution in [0.5, 0.6) is 0 Å². The number of nitrogens with zero attached hydrogens (tertiary/aromatic N) is 2. The van der Waals surface area contributed by atoms with Gasteiger partial charge in [-0.1, -0.05) is 48.5 Å². The highest BCUT2D eigenvalue weighted by molar-refractivity contribution is 7.98. The Morgan fingerprint density at radius 2 is 1.54 bits per heavy atom. The number of carbonyl (C=O) groups excluding carboxylic acids is 1. The Labute approximate surface area is 166 Å². The zero-order valence-corrected chi connectivity index (χ0v) is 15.7. The van der Waals surface area contributed by atoms with Crippen LogP contribution >= 0.6 is 11.8 Å². The predicted molar refractivity (Wildman–Crippen MR) is 110 cm³/mol. The highest BCUT2D eigenvalue weighted by Crippen LogP contribution is 2.30. The Balaban J connectivity index is 1.45. The summed E-state index contributed by atoms with van der Waals surface area (Å²) in [6.07, 6.45) is 0. The standard InChI is InChI=1S/C22H17N3O2S/c26-21(16-9-3-1-4-10-16)23-18-13-7-8-14-19(18)28-15-20-24-25-22(27-20)17-11-5-2-6-12-17/h1-14H,15H2,(H,23,26). The van der Waals surface area contributed by atoms with E-state index in [2.05, 4.69) is 15.5 Å². The number of hydrogen-bond donors (Lipinski definition) is 1. The molecule has 1 N–H and O–H groups in total. The fraction of sp³-hybridized carbons (Fsp3) is 0.0455. The van der Waals surface area contributed by atoms with Crippen molar-refractivity contribution in [2.75, 3.05) is 5.32 Å². The Morgan fingerprint density at radius 3 is 2.32 bits per heavy atom. The fourth-order valence-electron chi connectivity index (χ4n) is 2.63. The van der Waals surface area contributed by atoms with Crippen molar-refractivity contribution in [3.8, 4) is 11.5 Å². The molecule has 0 bridgehead atoms. The minimum atomic E-state index is -0.141. The number of nitrogens with one attached hydrogen (secondary N) is 1. The second-order valence-electron chi connectivity index (χ2n) is 5.97. The SMILES string of the molecule is O=C(Nc1ccccc1SCc1nnc(-c2ccccc2)o1)c1ccccc1. The quantitative estimate of drug-likeness (QED) is 0.456. The molecule has 5 nitrogen and oxygen atoms in total. The van der Waals surface area contributed by atoms with E-state index in [0.717, 1.165) is 16.1 Å². The van der Waals surface area contributed by atoms with Gasteiger partial charge >= 0.3 is 0 Å². The second-order valence-corrected chi connectivity index (χ2v) is 6.99. The molecule has 6 heteroatoms. The van der Waals surface area contributed by atoms with Crippen molar-refractivity contribution < 1.29 is 9.21 Å². The van der Waals surface area contributed by atoms with E-state index in [1.165, 1.54) is 11.8 Å². The molecule has 138 valence electrons. The number of aromatic nitrogens is 2. The molecule has 1 heterocycles. The predicted octanol–water partition coefficient (Wildman–Crippen LogP) is 5.28. The number of amides is 1. The van der Waals surface area contributed by atoms with Gasteiger partial charge in [0.05, 0.1) is 11.4 Å². The third kappa shape index (κ3) is 4.29. The maximum absolute atomic E-state index is 12.4. The number of carbonyl (C=O) groups is 1. The van der Waals surface area contributed by atoms with Gasteiger partial charge in [-0.3, -0.25) is 4.79 Å². The average Bonchev–Trinajstić information content (AvgIpc) is 3.23. The van der Waals surface area contributed by atoms with Crippen molar-refractivity contribution in [3.63, 3.8) is 0 Å². The molecular formula is C22H17N3O2S. The van der Waals surface area contributed by atoms with Crippen LogP contribution in [0.4, 0.5) is 5.69 Å². The first kappa shape index (κ1) is 18.0. The number of hydrogen-bond acceptors (Lipinski definition) is 5. The first-order valence-corrected chi connectivity index (χ1v) is 9.74. The first-order valence-electron chi connectivity index (χ1n) is 8.75. The van der Waals surface area contributed by atoms with Crippen LogP contribution in [0.2, 0.25) is 0 Å². The van der Waals surface area contributed by atoms with Crippen LogP contribution in [-0.2, 0) is 5.75 Å². The molecule has 1 aromatic heterocycles. The van der Waals surface area contributed by atoms with Crippen LogP contribution in [0.15, 0.2) is 94.2 Å². The molecule has 0 saturated heterocycles. The van der Waals surface area contributed by atoms with E-state index in [9.17, 15) is 4.79 Å². The van der Waals surface area contributed by atoms with E-state index in [0.29, 0.717) is 23.1 Å². The van der Waals surface area contributed by atoms with Crippen LogP contribution in [0, 0.1) is 0 Å². The van der Waals surface area contributed by atoms with Gasteiger partial charge in [-0.15, -0.1) is 22.0 Å². The lowest BCUT2D eigenvalue weighted by molar-refractivity contribution is 0.102. The monoisotopic (exact) mass is 387 g/mol. The van der Waals surface area contributed by atoms with Crippen LogP contribution in [0.3, 0.4) is 0 Å². The summed E-state index contributed by atoms with van der Waals surface area (Å²) in [5, 5.41) is 11.2. The van der Waals surface area contributed by atoms with Crippen molar-refractivity contribution >= 4 is 23.4 Å². The number of thioether (sulfide) groups is 1. The Bertz CT molecular complexity index is 1070. The number of rotatable bonds is 6. The lowest BCUT2D eigenvalue weighted by Crippen LogP contribution is -2.12. The minimum absolute atomic E-state index is 0.141. The van der Waals surface area contributed by atoms with E-state index < -0.39 is 0 Å². The van der Waals surface area contributed by atoms with Crippen LogP contribution in [0.25, 0.3) is 11.5 Å². The average molecular weight is 387 g/mol. The molecule has 0 aliphatic carbocycles. The second kappa shape index (κ2) is 8.54. The van der Waals surface area contributed by atoms with Gasteiger partial charge in [0.15, 0.2) is 0 Å². The summed E-state index contributed by atoms with van der Waals surface area (Å²) < 4.78 is 5.75. The van der Waals surface area contributed by atoms with Crippen molar-refractivity contribution in [1.29, 1.82) is 0 Å². The first-order chi connectivity index (χ1) is 13.8. The van der Waals surface area contributed by atoms with E-state index in [-0.39, 0.29) is 5.91 Å². The van der Waals surface area contributed by atoms with Gasteiger partial charge < -0.3 is 9.73 Å². The number of para-hydroxylation sites is 1. The number of benzene rings is 3. The maximum atomic E-state index is 12.4. The topological polar surface area (TPSA) is 68.0 Å². The molecule has 3 aromatic carbocycles. The Hall–Kier alpha value is -3.38. The molecule has 28 heavy (non-hydrogen) atoms. The van der Waals surface area contributed by atoms with Crippen molar-refractivity contribution in [1.82, 2.24) is 10.2 Å². The van der Waals surface area contributed by atoms with E-state index in [1.807, 2.05) is 72.8 Å². The molecule has 0 saturated carbocycles. The molecule has 4 aromatic rings. The number of anilines is 1. The smallest absolute Gasteiger partial charge is 0.255 e. The Kier molecular flexibility index (Phi) is 5.49. The summed E-state index contributed by atoms with van der Waals surface area (Å²) in [5.41, 5.74) is 2.26. The van der Waals surface area contributed by atoms with Crippen molar-refractivity contribution in [2.45, 2.75) is 10.6 Å². The van der Waals surface area contributed by atoms with E-state index >= 15 is 0 Å². The third-order valence-corrected chi connectivity index (χ3v) is 5.07. The lowest BCUT2D eigenvalue weighted by Gasteiger charge is -2.10. The molecule has 0 fully saturated rings. The normalized spacial score (nSPS) is 10.6. The summed E-state index contributed by atoms with van der Waals surface area (Å²) in [6.45, 7) is 0. The summed E-state index contributed by atoms with van der Waals surface area (Å²) in [4.78, 5) is 13.4. The molecule has 0 unspecified atom stereocenters. The van der Waals surface area contributed by atoms with Gasteiger partial charge in [0, 0.05) is 16.0 Å². The van der Waals surface area contributed by atoms with Gasteiger partial charge in [0.25, 0.3) is 5.91 Å². The zero-order valence-electron chi connectivity index (χ0n) is 14.9. The van der Waals surface area contributed by atoms with Crippen LogP contribution < -0.4 is 5.32 Å². The van der Waals surface area contributed by atoms with Crippen molar-refractivity contribution in [3.05, 3.63) is 96.4 Å². The minimum Gasteiger partial charge on any atom is -0.420 e. The molecule has 0 aliphatic rings. The lowest BCUT2D eigenvalue weighted by atomic mass is 10.2. The maximum Gasteiger partial charge on any atom is 0.255 e. The fourth-order valence-corrected chi connectivity index (χ4v) is 3.47. The molecule has 0 atom stereocenters. The summed E-state index contributed by atoms with van der Waals surface area (Å²) in [6, 6.07) is 26.5. The Morgan fingerprint density at radius 1 is 0.857 bits per heavy atom. The van der Waals surface area contributed by atoms with Gasteiger partial charge in [0.2, 0.25) is 11.8 Å².